The van der Waals surface area contributed by atoms with Crippen molar-refractivity contribution in [2.24, 2.45) is 11.3 Å². The Labute approximate surface area is 194 Å². The van der Waals surface area contributed by atoms with Crippen molar-refractivity contribution in [2.45, 2.75) is 98.3 Å². The summed E-state index contributed by atoms with van der Waals surface area (Å²) in [6.45, 7) is 9.08. The average Bonchev–Trinajstić information content (AvgIpc) is 2.96. The maximum absolute atomic E-state index is 13.5. The molecule has 5 heteroatoms. The van der Waals surface area contributed by atoms with Gasteiger partial charge in [-0.1, -0.05) is 65.0 Å². The molecule has 5 nitrogen and oxygen atoms in total. The van der Waals surface area contributed by atoms with E-state index in [4.69, 9.17) is 5.41 Å². The predicted molar refractivity (Wildman–Crippen MR) is 133 cm³/mol. The number of aryl methyl sites for hydroxylation is 1. The smallest absolute Gasteiger partial charge is 0.234 e. The van der Waals surface area contributed by atoms with Gasteiger partial charge in [-0.05, 0) is 56.7 Å². The summed E-state index contributed by atoms with van der Waals surface area (Å²) >= 11 is 0. The van der Waals surface area contributed by atoms with E-state index in [1.54, 1.807) is 4.90 Å². The highest BCUT2D eigenvalue weighted by molar-refractivity contribution is 6.08. The van der Waals surface area contributed by atoms with E-state index in [1.165, 1.54) is 0 Å². The van der Waals surface area contributed by atoms with Gasteiger partial charge >= 0.3 is 0 Å². The summed E-state index contributed by atoms with van der Waals surface area (Å²) in [7, 11) is 0. The fourth-order valence-electron chi connectivity index (χ4n) is 5.13. The van der Waals surface area contributed by atoms with Gasteiger partial charge < -0.3 is 10.2 Å². The minimum absolute atomic E-state index is 0.0322. The monoisotopic (exact) mass is 441 g/mol. The summed E-state index contributed by atoms with van der Waals surface area (Å²) in [4.78, 5) is 27.5. The van der Waals surface area contributed by atoms with Crippen molar-refractivity contribution >= 4 is 23.3 Å². The van der Waals surface area contributed by atoms with Crippen LogP contribution in [0.25, 0.3) is 0 Å². The molecule has 0 radical (unpaired) electrons. The number of rotatable bonds is 14. The minimum atomic E-state index is -0.369. The molecule has 178 valence electrons. The van der Waals surface area contributed by atoms with Crippen LogP contribution in [-0.2, 0) is 9.59 Å². The molecule has 0 saturated carbocycles. The molecule has 32 heavy (non-hydrogen) atoms. The number of hydrogen-bond donors (Lipinski definition) is 2. The highest BCUT2D eigenvalue weighted by atomic mass is 16.2. The molecule has 1 aliphatic heterocycles. The molecule has 1 fully saturated rings. The van der Waals surface area contributed by atoms with Crippen molar-refractivity contribution in [1.29, 1.82) is 5.41 Å². The number of hydrogen-bond acceptors (Lipinski definition) is 3. The first-order chi connectivity index (χ1) is 15.4. The molecule has 1 atom stereocenters. The SMILES string of the molecule is CCCCC1(CCCC)C(=O)N(CCCCCC(=O)Nc2cccc(C)c2)C(=N)C1CC. The fraction of sp³-hybridized carbons (Fsp3) is 0.667. The van der Waals surface area contributed by atoms with Crippen LogP contribution >= 0.6 is 0 Å². The molecule has 2 amide bonds. The molecule has 1 saturated heterocycles. The summed E-state index contributed by atoms with van der Waals surface area (Å²) < 4.78 is 0. The van der Waals surface area contributed by atoms with Crippen molar-refractivity contribution in [3.05, 3.63) is 29.8 Å². The second-order valence-electron chi connectivity index (χ2n) is 9.39. The van der Waals surface area contributed by atoms with Crippen LogP contribution in [0.4, 0.5) is 5.69 Å². The van der Waals surface area contributed by atoms with Gasteiger partial charge in [-0.15, -0.1) is 0 Å². The third-order valence-electron chi connectivity index (χ3n) is 6.91. The molecule has 1 heterocycles. The number of anilines is 1. The molecule has 1 aromatic rings. The maximum atomic E-state index is 13.5. The van der Waals surface area contributed by atoms with Gasteiger partial charge in [-0.3, -0.25) is 15.0 Å². The molecule has 0 aromatic heterocycles. The van der Waals surface area contributed by atoms with Crippen LogP contribution in [0.5, 0.6) is 0 Å². The number of nitrogens with zero attached hydrogens (tertiary/aromatic N) is 1. The summed E-state index contributed by atoms with van der Waals surface area (Å²) in [5.41, 5.74) is 1.60. The van der Waals surface area contributed by atoms with Gasteiger partial charge in [0.25, 0.3) is 0 Å². The van der Waals surface area contributed by atoms with Crippen molar-refractivity contribution in [2.75, 3.05) is 11.9 Å². The fourth-order valence-corrected chi connectivity index (χ4v) is 5.13. The van der Waals surface area contributed by atoms with Crippen LogP contribution in [0.15, 0.2) is 24.3 Å². The van der Waals surface area contributed by atoms with Crippen molar-refractivity contribution < 1.29 is 9.59 Å². The van der Waals surface area contributed by atoms with E-state index in [1.807, 2.05) is 31.2 Å². The minimum Gasteiger partial charge on any atom is -0.326 e. The number of carbonyl (C=O) groups excluding carboxylic acids is 2. The molecule has 1 unspecified atom stereocenters. The second kappa shape index (κ2) is 12.8. The zero-order chi connectivity index (χ0) is 23.6. The standard InChI is InChI=1S/C27H43N3O2/c1-5-8-17-27(18-9-6-2)23(7-3)25(28)30(26(27)32)19-12-10-11-16-24(31)29-22-15-13-14-21(4)20-22/h13-15,20,23,28H,5-12,16-19H2,1-4H3,(H,29,31). The van der Waals surface area contributed by atoms with Crippen LogP contribution in [0.1, 0.15) is 97.0 Å². The summed E-state index contributed by atoms with van der Waals surface area (Å²) in [5, 5.41) is 11.7. The largest absolute Gasteiger partial charge is 0.326 e. The van der Waals surface area contributed by atoms with E-state index >= 15 is 0 Å². The topological polar surface area (TPSA) is 73.3 Å². The van der Waals surface area contributed by atoms with Gasteiger partial charge in [-0.25, -0.2) is 0 Å². The summed E-state index contributed by atoms with van der Waals surface area (Å²) in [6.07, 6.45) is 9.89. The van der Waals surface area contributed by atoms with Crippen LogP contribution in [0.2, 0.25) is 0 Å². The Morgan fingerprint density at radius 3 is 2.34 bits per heavy atom. The van der Waals surface area contributed by atoms with Crippen LogP contribution in [0, 0.1) is 23.7 Å². The van der Waals surface area contributed by atoms with Crippen LogP contribution in [0.3, 0.4) is 0 Å². The quantitative estimate of drug-likeness (QED) is 0.315. The summed E-state index contributed by atoms with van der Waals surface area (Å²) in [6, 6.07) is 7.83. The zero-order valence-electron chi connectivity index (χ0n) is 20.6. The molecule has 0 aliphatic carbocycles. The molecule has 1 aromatic carbocycles. The average molecular weight is 442 g/mol. The Balaban J connectivity index is 1.87. The van der Waals surface area contributed by atoms with E-state index in [0.717, 1.165) is 75.5 Å². The number of likely N-dealkylation sites (tertiary alicyclic amines) is 1. The van der Waals surface area contributed by atoms with E-state index in [-0.39, 0.29) is 23.1 Å². The van der Waals surface area contributed by atoms with Gasteiger partial charge in [0.1, 0.15) is 5.84 Å². The lowest BCUT2D eigenvalue weighted by Crippen LogP contribution is -2.37. The highest BCUT2D eigenvalue weighted by Crippen LogP contribution is 2.48. The zero-order valence-corrected chi connectivity index (χ0v) is 20.6. The molecule has 1 aliphatic rings. The number of nitrogens with one attached hydrogen (secondary N) is 2. The number of carbonyl (C=O) groups is 2. The molecule has 2 rings (SSSR count). The molecule has 2 N–H and O–H groups in total. The lowest BCUT2D eigenvalue weighted by molar-refractivity contribution is -0.137. The molecule has 0 spiro atoms. The summed E-state index contributed by atoms with van der Waals surface area (Å²) in [5.74, 6) is 0.799. The first-order valence-electron chi connectivity index (χ1n) is 12.7. The normalized spacial score (nSPS) is 17.8. The van der Waals surface area contributed by atoms with Gasteiger partial charge in [0.2, 0.25) is 11.8 Å². The van der Waals surface area contributed by atoms with Gasteiger partial charge in [0, 0.05) is 24.6 Å². The Hall–Kier alpha value is -2.17. The molecular formula is C27H43N3O2. The number of unbranched alkanes of at least 4 members (excludes halogenated alkanes) is 4. The highest BCUT2D eigenvalue weighted by Gasteiger charge is 2.54. The first kappa shape index (κ1) is 26.1. The lowest BCUT2D eigenvalue weighted by Gasteiger charge is -2.32. The number of benzene rings is 1. The van der Waals surface area contributed by atoms with Crippen LogP contribution in [-0.4, -0.2) is 29.1 Å². The Bertz CT molecular complexity index is 766. The third-order valence-corrected chi connectivity index (χ3v) is 6.91. The lowest BCUT2D eigenvalue weighted by atomic mass is 9.69. The predicted octanol–water partition coefficient (Wildman–Crippen LogP) is 6.71. The van der Waals surface area contributed by atoms with Crippen LogP contribution < -0.4 is 5.32 Å². The molecule has 0 bridgehead atoms. The van der Waals surface area contributed by atoms with E-state index < -0.39 is 0 Å². The van der Waals surface area contributed by atoms with E-state index in [2.05, 4.69) is 26.1 Å². The van der Waals surface area contributed by atoms with Gasteiger partial charge in [-0.2, -0.15) is 0 Å². The van der Waals surface area contributed by atoms with Crippen molar-refractivity contribution in [1.82, 2.24) is 4.90 Å². The second-order valence-corrected chi connectivity index (χ2v) is 9.39. The molecular weight excluding hydrogens is 398 g/mol. The van der Waals surface area contributed by atoms with E-state index in [0.29, 0.717) is 18.8 Å². The van der Waals surface area contributed by atoms with Gasteiger partial charge in [0.05, 0.1) is 5.41 Å². The van der Waals surface area contributed by atoms with E-state index in [9.17, 15) is 9.59 Å². The Morgan fingerprint density at radius 2 is 1.75 bits per heavy atom. The van der Waals surface area contributed by atoms with Crippen molar-refractivity contribution in [3.8, 4) is 0 Å². The van der Waals surface area contributed by atoms with Crippen molar-refractivity contribution in [3.63, 3.8) is 0 Å². The Kier molecular flexibility index (Phi) is 10.4. The Morgan fingerprint density at radius 1 is 1.06 bits per heavy atom. The maximum Gasteiger partial charge on any atom is 0.234 e. The first-order valence-corrected chi connectivity index (χ1v) is 12.7. The number of amidine groups is 1. The third kappa shape index (κ3) is 6.43. The van der Waals surface area contributed by atoms with Gasteiger partial charge in [0.15, 0.2) is 0 Å². The number of amides is 2.